The van der Waals surface area contributed by atoms with Gasteiger partial charge in [0.15, 0.2) is 11.6 Å². The molecule has 1 N–H and O–H groups in total. The van der Waals surface area contributed by atoms with Gasteiger partial charge in [-0.3, -0.25) is 9.59 Å². The SMILES string of the molecule is CC1=C(/C=C/C(C)=C/C=C/C(C)=C/C=C/C=C(C)/C=C/C=C(C)/C=C/C2=C(C)C(=O)C[C@H](O)C2(C)C)C(C)(C)CCC1=O. The first-order valence-corrected chi connectivity index (χ1v) is 15.3. The molecule has 0 aromatic heterocycles. The zero-order chi connectivity index (χ0) is 32.4. The van der Waals surface area contributed by atoms with Crippen LogP contribution < -0.4 is 0 Å². The van der Waals surface area contributed by atoms with E-state index in [2.05, 4.69) is 83.2 Å². The van der Waals surface area contributed by atoms with E-state index in [9.17, 15) is 14.7 Å². The molecule has 0 fully saturated rings. The predicted octanol–water partition coefficient (Wildman–Crippen LogP) is 9.93. The summed E-state index contributed by atoms with van der Waals surface area (Å²) in [6.07, 6.45) is 29.8. The number of hydrogen-bond donors (Lipinski definition) is 1. The van der Waals surface area contributed by atoms with Crippen LogP contribution in [0.2, 0.25) is 0 Å². The fraction of sp³-hybridized carbons (Fsp3) is 0.400. The second-order valence-electron chi connectivity index (χ2n) is 13.2. The Morgan fingerprint density at radius 1 is 0.651 bits per heavy atom. The Morgan fingerprint density at radius 3 is 1.58 bits per heavy atom. The maximum Gasteiger partial charge on any atom is 0.161 e. The number of Topliss-reactive ketones (excluding diaryl/α,β-unsaturated/α-hetero) is 2. The molecule has 2 aliphatic carbocycles. The van der Waals surface area contributed by atoms with Crippen molar-refractivity contribution in [1.29, 1.82) is 0 Å². The van der Waals surface area contributed by atoms with Crippen LogP contribution in [0.15, 0.2) is 130 Å². The maximum atomic E-state index is 12.2. The predicted molar refractivity (Wildman–Crippen MR) is 184 cm³/mol. The first-order chi connectivity index (χ1) is 20.1. The number of allylic oxidation sites excluding steroid dienone is 21. The molecule has 0 heterocycles. The summed E-state index contributed by atoms with van der Waals surface area (Å²) < 4.78 is 0. The number of hydrogen-bond acceptors (Lipinski definition) is 3. The van der Waals surface area contributed by atoms with Crippen LogP contribution in [-0.4, -0.2) is 22.8 Å². The number of carbonyl (C=O) groups excluding carboxylic acids is 2. The van der Waals surface area contributed by atoms with Crippen molar-refractivity contribution in [2.45, 2.75) is 94.6 Å². The highest BCUT2D eigenvalue weighted by Crippen LogP contribution is 2.40. The largest absolute Gasteiger partial charge is 0.392 e. The molecule has 2 aliphatic rings. The molecule has 3 heteroatoms. The van der Waals surface area contributed by atoms with Crippen LogP contribution in [-0.2, 0) is 9.59 Å². The van der Waals surface area contributed by atoms with Crippen LogP contribution in [0, 0.1) is 10.8 Å². The van der Waals surface area contributed by atoms with Gasteiger partial charge in [-0.25, -0.2) is 0 Å². The van der Waals surface area contributed by atoms with Crippen LogP contribution in [0.4, 0.5) is 0 Å². The molecule has 0 bridgehead atoms. The first-order valence-electron chi connectivity index (χ1n) is 15.3. The summed E-state index contributed by atoms with van der Waals surface area (Å²) in [5, 5.41) is 10.4. The van der Waals surface area contributed by atoms with E-state index in [0.717, 1.165) is 51.0 Å². The summed E-state index contributed by atoms with van der Waals surface area (Å²) in [7, 11) is 0. The molecule has 0 saturated carbocycles. The van der Waals surface area contributed by atoms with Crippen molar-refractivity contribution >= 4 is 11.6 Å². The summed E-state index contributed by atoms with van der Waals surface area (Å²) in [5.41, 5.74) is 7.75. The monoisotopic (exact) mass is 580 g/mol. The van der Waals surface area contributed by atoms with Gasteiger partial charge in [0, 0.05) is 18.3 Å². The van der Waals surface area contributed by atoms with E-state index in [-0.39, 0.29) is 23.4 Å². The van der Waals surface area contributed by atoms with Crippen LogP contribution in [0.1, 0.15) is 88.5 Å². The van der Waals surface area contributed by atoms with Crippen molar-refractivity contribution in [3.63, 3.8) is 0 Å². The van der Waals surface area contributed by atoms with Crippen molar-refractivity contribution in [3.05, 3.63) is 130 Å². The van der Waals surface area contributed by atoms with E-state index in [0.29, 0.717) is 6.42 Å². The van der Waals surface area contributed by atoms with Crippen LogP contribution in [0.25, 0.3) is 0 Å². The molecular formula is C40H52O3. The van der Waals surface area contributed by atoms with Gasteiger partial charge >= 0.3 is 0 Å². The molecule has 0 saturated heterocycles. The number of carbonyl (C=O) groups is 2. The Bertz CT molecular complexity index is 1420. The van der Waals surface area contributed by atoms with Gasteiger partial charge in [-0.05, 0) is 75.7 Å². The zero-order valence-electron chi connectivity index (χ0n) is 28.0. The highest BCUT2D eigenvalue weighted by Gasteiger charge is 2.38. The molecule has 0 unspecified atom stereocenters. The number of aliphatic hydroxyl groups is 1. The van der Waals surface area contributed by atoms with E-state index in [1.807, 2.05) is 71.1 Å². The lowest BCUT2D eigenvalue weighted by atomic mass is 9.70. The van der Waals surface area contributed by atoms with E-state index in [1.165, 1.54) is 0 Å². The van der Waals surface area contributed by atoms with Gasteiger partial charge in [0.2, 0.25) is 0 Å². The number of aliphatic hydroxyl groups excluding tert-OH is 1. The molecule has 230 valence electrons. The minimum Gasteiger partial charge on any atom is -0.392 e. The normalized spacial score (nSPS) is 23.1. The van der Waals surface area contributed by atoms with Crippen molar-refractivity contribution < 1.29 is 14.7 Å². The lowest BCUT2D eigenvalue weighted by Gasteiger charge is -2.36. The minimum atomic E-state index is -0.659. The smallest absolute Gasteiger partial charge is 0.161 e. The Kier molecular flexibility index (Phi) is 13.1. The summed E-state index contributed by atoms with van der Waals surface area (Å²) in [5.74, 6) is 0.283. The van der Waals surface area contributed by atoms with Gasteiger partial charge in [-0.1, -0.05) is 135 Å². The molecule has 3 nitrogen and oxygen atoms in total. The highest BCUT2D eigenvalue weighted by atomic mass is 16.3. The minimum absolute atomic E-state index is 0.0188. The van der Waals surface area contributed by atoms with E-state index < -0.39 is 11.5 Å². The third-order valence-electron chi connectivity index (χ3n) is 8.55. The first kappa shape index (κ1) is 35.6. The summed E-state index contributed by atoms with van der Waals surface area (Å²) in [6.45, 7) is 20.4. The summed E-state index contributed by atoms with van der Waals surface area (Å²) in [4.78, 5) is 24.4. The van der Waals surface area contributed by atoms with Crippen LogP contribution in [0.5, 0.6) is 0 Å². The van der Waals surface area contributed by atoms with Gasteiger partial charge in [-0.15, -0.1) is 0 Å². The van der Waals surface area contributed by atoms with E-state index in [4.69, 9.17) is 0 Å². The molecule has 2 rings (SSSR count). The lowest BCUT2D eigenvalue weighted by Crippen LogP contribution is -2.38. The zero-order valence-corrected chi connectivity index (χ0v) is 28.0. The van der Waals surface area contributed by atoms with E-state index >= 15 is 0 Å². The number of ketones is 2. The van der Waals surface area contributed by atoms with Gasteiger partial charge < -0.3 is 5.11 Å². The Labute approximate surface area is 260 Å². The second-order valence-corrected chi connectivity index (χ2v) is 13.2. The third-order valence-corrected chi connectivity index (χ3v) is 8.55. The van der Waals surface area contributed by atoms with Crippen molar-refractivity contribution in [2.24, 2.45) is 10.8 Å². The Balaban J connectivity index is 1.94. The topological polar surface area (TPSA) is 54.4 Å². The fourth-order valence-electron chi connectivity index (χ4n) is 5.26. The summed E-state index contributed by atoms with van der Waals surface area (Å²) >= 11 is 0. The van der Waals surface area contributed by atoms with E-state index in [1.54, 1.807) is 0 Å². The van der Waals surface area contributed by atoms with Crippen molar-refractivity contribution in [2.75, 3.05) is 0 Å². The van der Waals surface area contributed by atoms with Gasteiger partial charge in [0.05, 0.1) is 6.10 Å². The summed E-state index contributed by atoms with van der Waals surface area (Å²) in [6, 6.07) is 0. The third kappa shape index (κ3) is 10.6. The molecule has 0 amide bonds. The van der Waals surface area contributed by atoms with Gasteiger partial charge in [0.1, 0.15) is 0 Å². The molecule has 0 radical (unpaired) electrons. The average molecular weight is 581 g/mol. The standard InChI is InChI=1S/C40H52O3/c1-28(17-13-19-30(3)21-23-34-32(5)36(41)25-26-39(34,7)8)15-11-12-16-29(2)18-14-20-31(4)22-24-35-33(6)37(42)27-38(43)40(35,9)10/h11-24,38,43H,25-27H2,1-10H3/b12-11+,17-13+,18-14+,23-21+,24-22+,28-15+,29-16+,30-19+,31-20+/t38-/m0/s1. The fourth-order valence-corrected chi connectivity index (χ4v) is 5.26. The Morgan fingerprint density at radius 2 is 1.07 bits per heavy atom. The molecule has 0 aromatic rings. The van der Waals surface area contributed by atoms with Crippen LogP contribution >= 0.6 is 0 Å². The molecular weight excluding hydrogens is 528 g/mol. The van der Waals surface area contributed by atoms with Crippen molar-refractivity contribution in [3.8, 4) is 0 Å². The number of rotatable bonds is 10. The quantitative estimate of drug-likeness (QED) is 0.262. The van der Waals surface area contributed by atoms with Gasteiger partial charge in [-0.2, -0.15) is 0 Å². The van der Waals surface area contributed by atoms with Crippen LogP contribution in [0.3, 0.4) is 0 Å². The molecule has 1 atom stereocenters. The van der Waals surface area contributed by atoms with Gasteiger partial charge in [0.25, 0.3) is 0 Å². The highest BCUT2D eigenvalue weighted by molar-refractivity contribution is 5.98. The maximum absolute atomic E-state index is 12.2. The second kappa shape index (κ2) is 15.8. The lowest BCUT2D eigenvalue weighted by molar-refractivity contribution is -0.120. The molecule has 0 aliphatic heterocycles. The average Bonchev–Trinajstić information content (AvgIpc) is 2.92. The Hall–Kier alpha value is -3.56. The molecule has 43 heavy (non-hydrogen) atoms. The molecule has 0 spiro atoms. The van der Waals surface area contributed by atoms with Crippen molar-refractivity contribution in [1.82, 2.24) is 0 Å². The molecule has 0 aromatic carbocycles.